The molecule has 0 atom stereocenters. The first-order valence-corrected chi connectivity index (χ1v) is 6.25. The minimum absolute atomic E-state index is 0.159. The van der Waals surface area contributed by atoms with Crippen molar-refractivity contribution in [3.63, 3.8) is 0 Å². The number of hydrogen-bond acceptors (Lipinski definition) is 2. The summed E-state index contributed by atoms with van der Waals surface area (Å²) in [5, 5.41) is 9.75. The highest BCUT2D eigenvalue weighted by Gasteiger charge is 2.03. The standard InChI is InChI=1S/C13H20ClNO/c1-3-8-15(4-2)9-7-11-5-6-13(16)12(14)10-11/h5-6,10,16H,3-4,7-9H2,1-2H3. The van der Waals surface area contributed by atoms with Gasteiger partial charge in [0.2, 0.25) is 0 Å². The molecule has 1 N–H and O–H groups in total. The second-order valence-corrected chi connectivity index (χ2v) is 4.38. The first-order chi connectivity index (χ1) is 7.67. The van der Waals surface area contributed by atoms with E-state index in [9.17, 15) is 5.11 Å². The molecule has 3 heteroatoms. The first-order valence-electron chi connectivity index (χ1n) is 5.87. The van der Waals surface area contributed by atoms with Crippen LogP contribution in [-0.4, -0.2) is 29.6 Å². The van der Waals surface area contributed by atoms with Crippen molar-refractivity contribution >= 4 is 11.6 Å². The van der Waals surface area contributed by atoms with Crippen molar-refractivity contribution in [1.82, 2.24) is 4.90 Å². The van der Waals surface area contributed by atoms with Crippen LogP contribution in [-0.2, 0) is 6.42 Å². The number of aromatic hydroxyl groups is 1. The van der Waals surface area contributed by atoms with Gasteiger partial charge in [0, 0.05) is 6.54 Å². The Kier molecular flexibility index (Phi) is 5.64. The first kappa shape index (κ1) is 13.3. The van der Waals surface area contributed by atoms with E-state index in [-0.39, 0.29) is 5.75 Å². The van der Waals surface area contributed by atoms with Crippen molar-refractivity contribution in [2.24, 2.45) is 0 Å². The third kappa shape index (κ3) is 4.03. The van der Waals surface area contributed by atoms with Crippen molar-refractivity contribution in [2.45, 2.75) is 26.7 Å². The average molecular weight is 242 g/mol. The largest absolute Gasteiger partial charge is 0.506 e. The van der Waals surface area contributed by atoms with Gasteiger partial charge in [-0.05, 0) is 43.6 Å². The predicted molar refractivity (Wildman–Crippen MR) is 69.2 cm³/mol. The molecule has 0 aliphatic carbocycles. The zero-order valence-corrected chi connectivity index (χ0v) is 10.8. The second kappa shape index (κ2) is 6.77. The zero-order chi connectivity index (χ0) is 12.0. The molecule has 0 aliphatic heterocycles. The smallest absolute Gasteiger partial charge is 0.134 e. The van der Waals surface area contributed by atoms with Crippen LogP contribution in [0.3, 0.4) is 0 Å². The highest BCUT2D eigenvalue weighted by Crippen LogP contribution is 2.23. The van der Waals surface area contributed by atoms with Crippen LogP contribution in [0.5, 0.6) is 5.75 Å². The number of nitrogens with zero attached hydrogens (tertiary/aromatic N) is 1. The van der Waals surface area contributed by atoms with E-state index in [0.717, 1.165) is 26.1 Å². The molecule has 0 saturated carbocycles. The number of benzene rings is 1. The van der Waals surface area contributed by atoms with Crippen LogP contribution in [0.15, 0.2) is 18.2 Å². The molecule has 0 fully saturated rings. The molecule has 0 unspecified atom stereocenters. The summed E-state index contributed by atoms with van der Waals surface area (Å²) in [5.74, 6) is 0.159. The zero-order valence-electron chi connectivity index (χ0n) is 10.0. The Morgan fingerprint density at radius 2 is 2.00 bits per heavy atom. The van der Waals surface area contributed by atoms with Gasteiger partial charge in [-0.15, -0.1) is 0 Å². The second-order valence-electron chi connectivity index (χ2n) is 3.97. The third-order valence-electron chi connectivity index (χ3n) is 2.72. The number of rotatable bonds is 6. The van der Waals surface area contributed by atoms with Gasteiger partial charge in [-0.2, -0.15) is 0 Å². The van der Waals surface area contributed by atoms with Crippen LogP contribution in [0.1, 0.15) is 25.8 Å². The maximum absolute atomic E-state index is 9.31. The minimum Gasteiger partial charge on any atom is -0.506 e. The fourth-order valence-corrected chi connectivity index (χ4v) is 1.94. The monoisotopic (exact) mass is 241 g/mol. The van der Waals surface area contributed by atoms with Gasteiger partial charge < -0.3 is 10.0 Å². The number of hydrogen-bond donors (Lipinski definition) is 1. The van der Waals surface area contributed by atoms with Gasteiger partial charge in [0.05, 0.1) is 5.02 Å². The van der Waals surface area contributed by atoms with Crippen molar-refractivity contribution < 1.29 is 5.11 Å². The fraction of sp³-hybridized carbons (Fsp3) is 0.538. The van der Waals surface area contributed by atoms with Gasteiger partial charge in [-0.3, -0.25) is 0 Å². The van der Waals surface area contributed by atoms with Crippen molar-refractivity contribution in [3.05, 3.63) is 28.8 Å². The van der Waals surface area contributed by atoms with E-state index >= 15 is 0 Å². The molecule has 1 aromatic rings. The lowest BCUT2D eigenvalue weighted by Gasteiger charge is -2.19. The van der Waals surface area contributed by atoms with Gasteiger partial charge in [-0.25, -0.2) is 0 Å². The van der Waals surface area contributed by atoms with E-state index < -0.39 is 0 Å². The fourth-order valence-electron chi connectivity index (χ4n) is 1.74. The summed E-state index contributed by atoms with van der Waals surface area (Å²) < 4.78 is 0. The molecular formula is C13H20ClNO. The minimum atomic E-state index is 0.159. The topological polar surface area (TPSA) is 23.5 Å². The molecule has 0 aliphatic rings. The molecular weight excluding hydrogens is 222 g/mol. The summed E-state index contributed by atoms with van der Waals surface area (Å²) in [7, 11) is 0. The number of phenols is 1. The Morgan fingerprint density at radius 3 is 2.56 bits per heavy atom. The lowest BCUT2D eigenvalue weighted by Crippen LogP contribution is -2.26. The summed E-state index contributed by atoms with van der Waals surface area (Å²) in [6, 6.07) is 5.44. The van der Waals surface area contributed by atoms with Crippen LogP contribution >= 0.6 is 11.6 Å². The molecule has 0 heterocycles. The molecule has 0 spiro atoms. The van der Waals surface area contributed by atoms with Gasteiger partial charge >= 0.3 is 0 Å². The van der Waals surface area contributed by atoms with Gasteiger partial charge in [-0.1, -0.05) is 31.5 Å². The van der Waals surface area contributed by atoms with Crippen LogP contribution in [0, 0.1) is 0 Å². The van der Waals surface area contributed by atoms with Gasteiger partial charge in [0.25, 0.3) is 0 Å². The van der Waals surface area contributed by atoms with Crippen molar-refractivity contribution in [2.75, 3.05) is 19.6 Å². The summed E-state index contributed by atoms with van der Waals surface area (Å²) in [4.78, 5) is 2.42. The van der Waals surface area contributed by atoms with Crippen LogP contribution in [0.4, 0.5) is 0 Å². The number of halogens is 1. The Labute approximate surface area is 103 Å². The van der Waals surface area contributed by atoms with E-state index in [2.05, 4.69) is 18.7 Å². The Balaban J connectivity index is 2.50. The Bertz CT molecular complexity index is 328. The van der Waals surface area contributed by atoms with Gasteiger partial charge in [0.1, 0.15) is 5.75 Å². The SMILES string of the molecule is CCCN(CC)CCc1ccc(O)c(Cl)c1. The molecule has 1 aromatic carbocycles. The summed E-state index contributed by atoms with van der Waals surface area (Å²) in [5.41, 5.74) is 1.18. The van der Waals surface area contributed by atoms with E-state index in [1.807, 2.05) is 12.1 Å². The summed E-state index contributed by atoms with van der Waals surface area (Å²) >= 11 is 5.86. The molecule has 0 radical (unpaired) electrons. The molecule has 0 saturated heterocycles. The Morgan fingerprint density at radius 1 is 1.25 bits per heavy atom. The van der Waals surface area contributed by atoms with Crippen LogP contribution < -0.4 is 0 Å². The lowest BCUT2D eigenvalue weighted by atomic mass is 10.1. The van der Waals surface area contributed by atoms with Crippen molar-refractivity contribution in [1.29, 1.82) is 0 Å². The average Bonchev–Trinajstić information content (AvgIpc) is 2.28. The van der Waals surface area contributed by atoms with E-state index in [4.69, 9.17) is 11.6 Å². The molecule has 16 heavy (non-hydrogen) atoms. The molecule has 2 nitrogen and oxygen atoms in total. The maximum Gasteiger partial charge on any atom is 0.134 e. The van der Waals surface area contributed by atoms with E-state index in [1.54, 1.807) is 6.07 Å². The molecule has 1 rings (SSSR count). The number of likely N-dealkylation sites (N-methyl/N-ethyl adjacent to an activating group) is 1. The van der Waals surface area contributed by atoms with E-state index in [0.29, 0.717) is 5.02 Å². The van der Waals surface area contributed by atoms with Crippen LogP contribution in [0.2, 0.25) is 5.02 Å². The molecule has 0 aromatic heterocycles. The highest BCUT2D eigenvalue weighted by molar-refractivity contribution is 6.32. The van der Waals surface area contributed by atoms with Crippen molar-refractivity contribution in [3.8, 4) is 5.75 Å². The lowest BCUT2D eigenvalue weighted by molar-refractivity contribution is 0.292. The summed E-state index contributed by atoms with van der Waals surface area (Å²) in [6.45, 7) is 7.65. The maximum atomic E-state index is 9.31. The Hall–Kier alpha value is -0.730. The van der Waals surface area contributed by atoms with E-state index in [1.165, 1.54) is 12.0 Å². The highest BCUT2D eigenvalue weighted by atomic mass is 35.5. The third-order valence-corrected chi connectivity index (χ3v) is 3.02. The molecule has 90 valence electrons. The van der Waals surface area contributed by atoms with Crippen LogP contribution in [0.25, 0.3) is 0 Å². The normalized spacial score (nSPS) is 11.0. The predicted octanol–water partition coefficient (Wildman–Crippen LogP) is 3.32. The number of phenolic OH excluding ortho intramolecular Hbond substituents is 1. The molecule has 0 amide bonds. The summed E-state index contributed by atoms with van der Waals surface area (Å²) in [6.07, 6.45) is 2.16. The quantitative estimate of drug-likeness (QED) is 0.826. The van der Waals surface area contributed by atoms with Gasteiger partial charge in [0.15, 0.2) is 0 Å². The molecule has 0 bridgehead atoms.